The van der Waals surface area contributed by atoms with Gasteiger partial charge >= 0.3 is 0 Å². The largest absolute Gasteiger partial charge is 0.460 e. The first-order valence-corrected chi connectivity index (χ1v) is 20.2. The number of hydrogen-bond acceptors (Lipinski definition) is 1. The quantitative estimate of drug-likeness (QED) is 0.178. The van der Waals surface area contributed by atoms with E-state index in [2.05, 4.69) is 179 Å². The molecule has 0 radical (unpaired) electrons. The number of fused-ring (bicyclic) bond motifs is 11. The van der Waals surface area contributed by atoms with Crippen molar-refractivity contribution in [2.75, 3.05) is 0 Å². The predicted molar refractivity (Wildman–Crippen MR) is 235 cm³/mol. The van der Waals surface area contributed by atoms with Crippen LogP contribution in [-0.2, 0) is 0 Å². The van der Waals surface area contributed by atoms with Gasteiger partial charge in [0.15, 0.2) is 0 Å². The van der Waals surface area contributed by atoms with E-state index in [0.717, 1.165) is 30.6 Å². The van der Waals surface area contributed by atoms with Gasteiger partial charge in [0.1, 0.15) is 17.0 Å². The van der Waals surface area contributed by atoms with Crippen LogP contribution in [0.2, 0.25) is 0 Å². The summed E-state index contributed by atoms with van der Waals surface area (Å²) >= 11 is 0. The molecule has 0 saturated carbocycles. The van der Waals surface area contributed by atoms with Crippen molar-refractivity contribution >= 4 is 83.1 Å². The van der Waals surface area contributed by atoms with Crippen LogP contribution in [0.15, 0.2) is 150 Å². The number of benzene rings is 6. The minimum absolute atomic E-state index is 0.226. The molecule has 0 fully saturated rings. The Morgan fingerprint density at radius 1 is 0.536 bits per heavy atom. The SMILES string of the molecule is CC1CCC=C(n2c3ccccc3c3c4ccccc4n(C4=Cc5c(oc6ccc(-c7ccc8c(c7)c7ccccc7n8-c7ccccc7)cc56)C(C)C4)c32)C1. The van der Waals surface area contributed by atoms with Crippen molar-refractivity contribution in [3.63, 3.8) is 0 Å². The Hall–Kier alpha value is -6.52. The topological polar surface area (TPSA) is 27.9 Å². The second-order valence-corrected chi connectivity index (χ2v) is 16.2. The van der Waals surface area contributed by atoms with E-state index >= 15 is 0 Å². The lowest BCUT2D eigenvalue weighted by molar-refractivity contribution is 0.504. The highest BCUT2D eigenvalue weighted by atomic mass is 16.3. The van der Waals surface area contributed by atoms with E-state index in [1.807, 2.05) is 0 Å². The molecule has 2 aliphatic rings. The Labute approximate surface area is 325 Å². The molecule has 0 N–H and O–H groups in total. The molecule has 12 rings (SSSR count). The predicted octanol–water partition coefficient (Wildman–Crippen LogP) is 14.4. The molecule has 2 aliphatic carbocycles. The van der Waals surface area contributed by atoms with Crippen molar-refractivity contribution in [1.82, 2.24) is 13.7 Å². The maximum absolute atomic E-state index is 6.72. The monoisotopic (exact) mass is 723 g/mol. The molecule has 270 valence electrons. The van der Waals surface area contributed by atoms with E-state index in [0.29, 0.717) is 5.92 Å². The number of nitrogens with zero attached hydrogens (tertiary/aromatic N) is 3. The van der Waals surface area contributed by atoms with Crippen LogP contribution in [-0.4, -0.2) is 13.7 Å². The summed E-state index contributed by atoms with van der Waals surface area (Å²) in [7, 11) is 0. The molecular formula is C52H41N3O. The zero-order valence-electron chi connectivity index (χ0n) is 31.7. The number of hydrogen-bond donors (Lipinski definition) is 0. The zero-order valence-corrected chi connectivity index (χ0v) is 31.7. The van der Waals surface area contributed by atoms with E-state index in [1.165, 1.54) is 100 Å². The fourth-order valence-electron chi connectivity index (χ4n) is 10.2. The van der Waals surface area contributed by atoms with E-state index in [-0.39, 0.29) is 5.92 Å². The summed E-state index contributed by atoms with van der Waals surface area (Å²) in [6, 6.07) is 51.2. The fourth-order valence-corrected chi connectivity index (χ4v) is 10.2. The van der Waals surface area contributed by atoms with Crippen molar-refractivity contribution in [2.24, 2.45) is 5.92 Å². The van der Waals surface area contributed by atoms with E-state index in [1.54, 1.807) is 0 Å². The van der Waals surface area contributed by atoms with Crippen molar-refractivity contribution in [1.29, 1.82) is 0 Å². The van der Waals surface area contributed by atoms with Gasteiger partial charge in [0.05, 0.1) is 22.1 Å². The molecule has 2 atom stereocenters. The molecule has 10 aromatic rings. The van der Waals surface area contributed by atoms with Gasteiger partial charge in [-0.3, -0.25) is 9.13 Å². The first-order valence-electron chi connectivity index (χ1n) is 20.2. The maximum Gasteiger partial charge on any atom is 0.134 e. The Morgan fingerprint density at radius 2 is 1.14 bits per heavy atom. The van der Waals surface area contributed by atoms with Crippen molar-refractivity contribution in [3.8, 4) is 16.8 Å². The molecule has 0 aliphatic heterocycles. The standard InChI is InChI=1S/C52H41N3O/c1-32-13-12-16-37(27-32)54-46-21-10-7-18-40(46)50-41-19-8-11-22-47(41)55(52(50)54)38-28-33(2)51-44(31-38)43-30-35(24-26-49(43)56-51)34-23-25-48-42(29-34)39-17-6-9-20-45(39)53(48)36-14-4-3-5-15-36/h3-11,14-26,29-33H,12-13,27-28H2,1-2H3. The summed E-state index contributed by atoms with van der Waals surface area (Å²) in [6.07, 6.45) is 9.29. The Balaban J connectivity index is 1.06. The molecule has 0 amide bonds. The molecule has 4 nitrogen and oxygen atoms in total. The van der Waals surface area contributed by atoms with E-state index < -0.39 is 0 Å². The molecule has 6 aromatic carbocycles. The Morgan fingerprint density at radius 3 is 1.88 bits per heavy atom. The van der Waals surface area contributed by atoms with Crippen LogP contribution in [0.3, 0.4) is 0 Å². The normalized spacial score (nSPS) is 17.4. The smallest absolute Gasteiger partial charge is 0.134 e. The van der Waals surface area contributed by atoms with Gasteiger partial charge in [-0.1, -0.05) is 105 Å². The average molecular weight is 724 g/mol. The molecule has 56 heavy (non-hydrogen) atoms. The van der Waals surface area contributed by atoms with Crippen LogP contribution in [0.1, 0.15) is 56.8 Å². The molecule has 2 unspecified atom stereocenters. The van der Waals surface area contributed by atoms with Crippen LogP contribution in [0, 0.1) is 5.92 Å². The molecular weight excluding hydrogens is 683 g/mol. The number of para-hydroxylation sites is 4. The summed E-state index contributed by atoms with van der Waals surface area (Å²) in [4.78, 5) is 0. The van der Waals surface area contributed by atoms with Crippen molar-refractivity contribution in [2.45, 2.75) is 45.4 Å². The van der Waals surface area contributed by atoms with Crippen LogP contribution >= 0.6 is 0 Å². The molecule has 4 heteroatoms. The number of aromatic nitrogens is 3. The second-order valence-electron chi connectivity index (χ2n) is 16.2. The maximum atomic E-state index is 6.72. The number of furan rings is 1. The summed E-state index contributed by atoms with van der Waals surface area (Å²) in [5.41, 5.74) is 14.7. The lowest BCUT2D eigenvalue weighted by Crippen LogP contribution is -2.11. The fraction of sp³-hybridized carbons (Fsp3) is 0.154. The van der Waals surface area contributed by atoms with E-state index in [9.17, 15) is 0 Å². The Kier molecular flexibility index (Phi) is 6.81. The van der Waals surface area contributed by atoms with Crippen LogP contribution in [0.5, 0.6) is 0 Å². The minimum Gasteiger partial charge on any atom is -0.460 e. The lowest BCUT2D eigenvalue weighted by Gasteiger charge is -2.24. The van der Waals surface area contributed by atoms with Gasteiger partial charge in [-0.05, 0) is 103 Å². The van der Waals surface area contributed by atoms with Crippen LogP contribution in [0.4, 0.5) is 0 Å². The zero-order chi connectivity index (χ0) is 37.1. The molecule has 0 bridgehead atoms. The minimum atomic E-state index is 0.226. The van der Waals surface area contributed by atoms with Crippen LogP contribution in [0.25, 0.3) is 99.9 Å². The summed E-state index contributed by atoms with van der Waals surface area (Å²) in [5.74, 6) is 1.97. The summed E-state index contributed by atoms with van der Waals surface area (Å²) in [5, 5.41) is 7.67. The summed E-state index contributed by atoms with van der Waals surface area (Å²) < 4.78 is 14.3. The number of rotatable bonds is 4. The van der Waals surface area contributed by atoms with Gasteiger partial charge in [-0.15, -0.1) is 0 Å². The third kappa shape index (κ3) is 4.53. The van der Waals surface area contributed by atoms with Gasteiger partial charge < -0.3 is 8.98 Å². The van der Waals surface area contributed by atoms with Crippen molar-refractivity contribution < 1.29 is 4.42 Å². The van der Waals surface area contributed by atoms with Crippen LogP contribution < -0.4 is 0 Å². The average Bonchev–Trinajstić information content (AvgIpc) is 3.97. The second kappa shape index (κ2) is 12.0. The van der Waals surface area contributed by atoms with Gasteiger partial charge in [-0.2, -0.15) is 0 Å². The first-order chi connectivity index (χ1) is 27.6. The van der Waals surface area contributed by atoms with E-state index in [4.69, 9.17) is 4.42 Å². The van der Waals surface area contributed by atoms with Gasteiger partial charge in [0.2, 0.25) is 0 Å². The van der Waals surface area contributed by atoms with Gasteiger partial charge in [0.25, 0.3) is 0 Å². The van der Waals surface area contributed by atoms with Gasteiger partial charge in [-0.25, -0.2) is 0 Å². The highest BCUT2D eigenvalue weighted by Crippen LogP contribution is 2.47. The molecule has 0 spiro atoms. The molecule has 4 heterocycles. The third-order valence-electron chi connectivity index (χ3n) is 12.7. The highest BCUT2D eigenvalue weighted by Gasteiger charge is 2.30. The third-order valence-corrected chi connectivity index (χ3v) is 12.7. The highest BCUT2D eigenvalue weighted by molar-refractivity contribution is 6.23. The first kappa shape index (κ1) is 31.8. The summed E-state index contributed by atoms with van der Waals surface area (Å²) in [6.45, 7) is 4.73. The molecule has 4 aromatic heterocycles. The van der Waals surface area contributed by atoms with Crippen molar-refractivity contribution in [3.05, 3.63) is 157 Å². The lowest BCUT2D eigenvalue weighted by atomic mass is 9.90. The molecule has 0 saturated heterocycles. The van der Waals surface area contributed by atoms with Gasteiger partial charge in [0, 0.05) is 60.9 Å². The number of allylic oxidation sites excluding steroid dienone is 3. The Bertz CT molecular complexity index is 3290.